The van der Waals surface area contributed by atoms with Gasteiger partial charge in [-0.15, -0.1) is 11.3 Å². The van der Waals surface area contributed by atoms with Gasteiger partial charge in [0.15, 0.2) is 6.10 Å². The van der Waals surface area contributed by atoms with Crippen LogP contribution >= 0.6 is 11.3 Å². The lowest BCUT2D eigenvalue weighted by atomic mass is 9.98. The first-order valence-electron chi connectivity index (χ1n) is 8.32. The molecule has 0 aliphatic rings. The highest BCUT2D eigenvalue weighted by Crippen LogP contribution is 2.24. The second-order valence-electron chi connectivity index (χ2n) is 6.33. The van der Waals surface area contributed by atoms with Gasteiger partial charge in [0.25, 0.3) is 5.91 Å². The number of carbonyl (C=O) groups excluding carboxylic acids is 1. The van der Waals surface area contributed by atoms with Gasteiger partial charge in [-0.25, -0.2) is 4.98 Å². The van der Waals surface area contributed by atoms with Gasteiger partial charge >= 0.3 is 0 Å². The van der Waals surface area contributed by atoms with Gasteiger partial charge in [-0.2, -0.15) is 0 Å². The molecule has 1 aromatic heterocycles. The third kappa shape index (κ3) is 5.06. The van der Waals surface area contributed by atoms with E-state index in [1.54, 1.807) is 18.3 Å². The summed E-state index contributed by atoms with van der Waals surface area (Å²) in [4.78, 5) is 16.5. The summed E-state index contributed by atoms with van der Waals surface area (Å²) in [7, 11) is 0. The van der Waals surface area contributed by atoms with Gasteiger partial charge in [0.1, 0.15) is 5.75 Å². The van der Waals surface area contributed by atoms with E-state index in [2.05, 4.69) is 37.1 Å². The molecule has 0 aliphatic heterocycles. The van der Waals surface area contributed by atoms with Crippen LogP contribution in [0.4, 0.5) is 0 Å². The van der Waals surface area contributed by atoms with E-state index in [-0.39, 0.29) is 5.91 Å². The Bertz CT molecular complexity index is 694. The number of aromatic nitrogens is 1. The van der Waals surface area contributed by atoms with E-state index < -0.39 is 6.10 Å². The van der Waals surface area contributed by atoms with Crippen molar-refractivity contribution in [1.82, 2.24) is 10.3 Å². The quantitative estimate of drug-likeness (QED) is 0.824. The van der Waals surface area contributed by atoms with Gasteiger partial charge in [-0.1, -0.05) is 19.9 Å². The number of nitrogens with one attached hydrogen (secondary N) is 1. The van der Waals surface area contributed by atoms with E-state index in [1.807, 2.05) is 24.4 Å². The first kappa shape index (κ1) is 18.5. The molecule has 1 atom stereocenters. The fraction of sp³-hybridized carbons (Fsp3) is 0.474. The lowest BCUT2D eigenvalue weighted by molar-refractivity contribution is -0.127. The molecule has 2 aromatic rings. The number of hydrogen-bond donors (Lipinski definition) is 1. The van der Waals surface area contributed by atoms with Gasteiger partial charge in [0, 0.05) is 18.3 Å². The highest BCUT2D eigenvalue weighted by Gasteiger charge is 2.15. The van der Waals surface area contributed by atoms with Crippen LogP contribution in [0.3, 0.4) is 0 Å². The first-order valence-corrected chi connectivity index (χ1v) is 9.20. The molecular weight excluding hydrogens is 320 g/mol. The molecule has 0 aliphatic carbocycles. The second kappa shape index (κ2) is 8.29. The van der Waals surface area contributed by atoms with Crippen LogP contribution < -0.4 is 10.1 Å². The van der Waals surface area contributed by atoms with Crippen LogP contribution in [-0.2, 0) is 11.2 Å². The van der Waals surface area contributed by atoms with Crippen LogP contribution in [0.15, 0.2) is 23.6 Å². The highest BCUT2D eigenvalue weighted by atomic mass is 32.1. The number of thiazole rings is 1. The summed E-state index contributed by atoms with van der Waals surface area (Å²) in [5, 5.41) is 5.98. The minimum atomic E-state index is -0.522. The topological polar surface area (TPSA) is 51.2 Å². The van der Waals surface area contributed by atoms with E-state index >= 15 is 0 Å². The van der Waals surface area contributed by atoms with Crippen molar-refractivity contribution >= 4 is 17.2 Å². The van der Waals surface area contributed by atoms with E-state index in [0.29, 0.717) is 12.5 Å². The molecule has 130 valence electrons. The van der Waals surface area contributed by atoms with Crippen molar-refractivity contribution in [2.24, 2.45) is 0 Å². The van der Waals surface area contributed by atoms with Crippen molar-refractivity contribution in [3.63, 3.8) is 0 Å². The zero-order valence-electron chi connectivity index (χ0n) is 15.1. The molecule has 0 saturated carbocycles. The first-order chi connectivity index (χ1) is 11.4. The molecule has 0 fully saturated rings. The summed E-state index contributed by atoms with van der Waals surface area (Å²) in [6, 6.07) is 6.01. The Labute approximate surface area is 148 Å². The monoisotopic (exact) mass is 346 g/mol. The van der Waals surface area contributed by atoms with Crippen LogP contribution in [0.1, 0.15) is 48.5 Å². The fourth-order valence-corrected chi connectivity index (χ4v) is 3.25. The highest BCUT2D eigenvalue weighted by molar-refractivity contribution is 7.09. The zero-order valence-corrected chi connectivity index (χ0v) is 15.9. The molecule has 1 amide bonds. The molecule has 4 nitrogen and oxygen atoms in total. The number of rotatable bonds is 7. The van der Waals surface area contributed by atoms with Gasteiger partial charge in [0.2, 0.25) is 0 Å². The SMILES string of the molecule is Cc1nc(CCNC(=O)C(C)Oc2ccc(C(C)C)c(C)c2)cs1. The predicted molar refractivity (Wildman–Crippen MR) is 98.9 cm³/mol. The Morgan fingerprint density at radius 1 is 1.29 bits per heavy atom. The van der Waals surface area contributed by atoms with Crippen molar-refractivity contribution in [3.8, 4) is 5.75 Å². The maximum Gasteiger partial charge on any atom is 0.260 e. The maximum atomic E-state index is 12.1. The lowest BCUT2D eigenvalue weighted by Gasteiger charge is -2.16. The van der Waals surface area contributed by atoms with Crippen LogP contribution in [0.5, 0.6) is 5.75 Å². The predicted octanol–water partition coefficient (Wildman–Crippen LogP) is 4.01. The fourth-order valence-electron chi connectivity index (χ4n) is 2.61. The smallest absolute Gasteiger partial charge is 0.260 e. The molecule has 1 unspecified atom stereocenters. The summed E-state index contributed by atoms with van der Waals surface area (Å²) in [6.45, 7) is 10.7. The van der Waals surface area contributed by atoms with E-state index in [0.717, 1.165) is 22.9 Å². The summed E-state index contributed by atoms with van der Waals surface area (Å²) in [5.41, 5.74) is 3.51. The maximum absolute atomic E-state index is 12.1. The molecule has 1 heterocycles. The van der Waals surface area contributed by atoms with Crippen LogP contribution in [0.2, 0.25) is 0 Å². The summed E-state index contributed by atoms with van der Waals surface area (Å²) >= 11 is 1.63. The van der Waals surface area contributed by atoms with Crippen LogP contribution in [-0.4, -0.2) is 23.5 Å². The molecule has 5 heteroatoms. The average molecular weight is 346 g/mol. The third-order valence-corrected chi connectivity index (χ3v) is 4.71. The minimum absolute atomic E-state index is 0.104. The van der Waals surface area contributed by atoms with Gasteiger partial charge in [-0.05, 0) is 49.9 Å². The summed E-state index contributed by atoms with van der Waals surface area (Å²) in [5.74, 6) is 1.11. The average Bonchev–Trinajstić information content (AvgIpc) is 2.92. The van der Waals surface area contributed by atoms with Crippen LogP contribution in [0, 0.1) is 13.8 Å². The second-order valence-corrected chi connectivity index (χ2v) is 7.39. The molecule has 0 spiro atoms. The van der Waals surface area contributed by atoms with Crippen LogP contribution in [0.25, 0.3) is 0 Å². The molecule has 1 aromatic carbocycles. The molecule has 2 rings (SSSR count). The Hall–Kier alpha value is -1.88. The Kier molecular flexibility index (Phi) is 6.37. The Morgan fingerprint density at radius 3 is 2.62 bits per heavy atom. The Balaban J connectivity index is 1.83. The molecule has 0 saturated heterocycles. The lowest BCUT2D eigenvalue weighted by Crippen LogP contribution is -2.37. The van der Waals surface area contributed by atoms with Crippen molar-refractivity contribution < 1.29 is 9.53 Å². The van der Waals surface area contributed by atoms with Gasteiger partial charge in [-0.3, -0.25) is 4.79 Å². The van der Waals surface area contributed by atoms with E-state index in [4.69, 9.17) is 4.74 Å². The number of carbonyl (C=O) groups is 1. The van der Waals surface area contributed by atoms with Crippen molar-refractivity contribution in [1.29, 1.82) is 0 Å². The van der Waals surface area contributed by atoms with E-state index in [1.165, 1.54) is 11.1 Å². The molecular formula is C19H26N2O2S. The standard InChI is InChI=1S/C19H26N2O2S/c1-12(2)18-7-6-17(10-13(18)3)23-14(4)19(22)20-9-8-16-11-24-15(5)21-16/h6-7,10-12,14H,8-9H2,1-5H3,(H,20,22). The molecule has 1 N–H and O–H groups in total. The van der Waals surface area contributed by atoms with E-state index in [9.17, 15) is 4.79 Å². The zero-order chi connectivity index (χ0) is 17.7. The van der Waals surface area contributed by atoms with Gasteiger partial charge in [0.05, 0.1) is 10.7 Å². The molecule has 0 bridgehead atoms. The molecule has 24 heavy (non-hydrogen) atoms. The number of ether oxygens (including phenoxy) is 1. The third-order valence-electron chi connectivity index (χ3n) is 3.89. The Morgan fingerprint density at radius 2 is 2.04 bits per heavy atom. The van der Waals surface area contributed by atoms with Crippen molar-refractivity contribution in [3.05, 3.63) is 45.4 Å². The molecule has 0 radical (unpaired) electrons. The minimum Gasteiger partial charge on any atom is -0.481 e. The number of amides is 1. The number of aryl methyl sites for hydroxylation is 2. The summed E-state index contributed by atoms with van der Waals surface area (Å²) in [6.07, 6.45) is 0.219. The number of hydrogen-bond acceptors (Lipinski definition) is 4. The summed E-state index contributed by atoms with van der Waals surface area (Å²) < 4.78 is 5.77. The number of benzene rings is 1. The van der Waals surface area contributed by atoms with Gasteiger partial charge < -0.3 is 10.1 Å². The largest absolute Gasteiger partial charge is 0.481 e. The van der Waals surface area contributed by atoms with Crippen molar-refractivity contribution in [2.45, 2.75) is 53.1 Å². The van der Waals surface area contributed by atoms with Crippen molar-refractivity contribution in [2.75, 3.05) is 6.54 Å². The number of nitrogens with zero attached hydrogens (tertiary/aromatic N) is 1. The normalized spacial score (nSPS) is 12.2.